The third-order valence-corrected chi connectivity index (χ3v) is 12.7. The standard InChI is InChI=1S/C58H39N3O/c1-58(2)50-23-9-8-19-46(50)47-21-11-22-49(54(47)58)57-60-55(59-56(61-57)44-30-27-37-15-6-7-16-40(37)33-44)43-18-10-17-41(34-43)42-31-32-48-52(35-42)62-51-24-12-20-45(53(48)51)39-28-25-38(26-29-39)36-13-4-3-5-14-36/h3-35H,1-2H3. The molecule has 0 bridgehead atoms. The summed E-state index contributed by atoms with van der Waals surface area (Å²) in [6.07, 6.45) is 0. The predicted octanol–water partition coefficient (Wildman–Crippen LogP) is 15.2. The lowest BCUT2D eigenvalue weighted by Crippen LogP contribution is -2.17. The van der Waals surface area contributed by atoms with Gasteiger partial charge in [0.2, 0.25) is 0 Å². The maximum Gasteiger partial charge on any atom is 0.164 e. The number of furan rings is 1. The van der Waals surface area contributed by atoms with Gasteiger partial charge in [-0.25, -0.2) is 15.0 Å². The van der Waals surface area contributed by atoms with Crippen LogP contribution in [0.2, 0.25) is 0 Å². The summed E-state index contributed by atoms with van der Waals surface area (Å²) >= 11 is 0. The molecule has 0 atom stereocenters. The summed E-state index contributed by atoms with van der Waals surface area (Å²) in [6, 6.07) is 70.8. The van der Waals surface area contributed by atoms with Crippen molar-refractivity contribution in [3.8, 4) is 78.7 Å². The van der Waals surface area contributed by atoms with Gasteiger partial charge in [0.05, 0.1) is 0 Å². The van der Waals surface area contributed by atoms with Crippen LogP contribution in [-0.4, -0.2) is 15.0 Å². The quantitative estimate of drug-likeness (QED) is 0.168. The minimum Gasteiger partial charge on any atom is -0.456 e. The molecule has 0 saturated carbocycles. The van der Waals surface area contributed by atoms with E-state index in [-0.39, 0.29) is 5.41 Å². The van der Waals surface area contributed by atoms with E-state index in [1.54, 1.807) is 0 Å². The maximum absolute atomic E-state index is 6.59. The van der Waals surface area contributed by atoms with E-state index in [0.29, 0.717) is 17.5 Å². The average Bonchev–Trinajstić information content (AvgIpc) is 3.83. The van der Waals surface area contributed by atoms with Crippen LogP contribution < -0.4 is 0 Å². The average molecular weight is 794 g/mol. The normalized spacial score (nSPS) is 12.8. The van der Waals surface area contributed by atoms with Crippen LogP contribution in [0.1, 0.15) is 25.0 Å². The van der Waals surface area contributed by atoms with Crippen LogP contribution in [0, 0.1) is 0 Å². The van der Waals surface area contributed by atoms with Crippen LogP contribution in [0.15, 0.2) is 205 Å². The highest BCUT2D eigenvalue weighted by atomic mass is 16.3. The second kappa shape index (κ2) is 14.1. The van der Waals surface area contributed by atoms with Crippen molar-refractivity contribution >= 4 is 32.7 Å². The van der Waals surface area contributed by atoms with E-state index in [4.69, 9.17) is 19.4 Å². The van der Waals surface area contributed by atoms with Gasteiger partial charge in [-0.3, -0.25) is 0 Å². The molecule has 12 rings (SSSR count). The first-order valence-corrected chi connectivity index (χ1v) is 21.2. The predicted molar refractivity (Wildman–Crippen MR) is 255 cm³/mol. The smallest absolute Gasteiger partial charge is 0.164 e. The summed E-state index contributed by atoms with van der Waals surface area (Å²) in [6.45, 7) is 4.61. The molecule has 2 aromatic heterocycles. The van der Waals surface area contributed by atoms with E-state index < -0.39 is 0 Å². The highest BCUT2D eigenvalue weighted by Crippen LogP contribution is 2.52. The van der Waals surface area contributed by atoms with E-state index >= 15 is 0 Å². The molecule has 292 valence electrons. The van der Waals surface area contributed by atoms with Crippen LogP contribution in [0.3, 0.4) is 0 Å². The summed E-state index contributed by atoms with van der Waals surface area (Å²) in [5.74, 6) is 1.93. The largest absolute Gasteiger partial charge is 0.456 e. The highest BCUT2D eigenvalue weighted by molar-refractivity contribution is 6.13. The molecule has 62 heavy (non-hydrogen) atoms. The lowest BCUT2D eigenvalue weighted by atomic mass is 9.80. The van der Waals surface area contributed by atoms with Crippen molar-refractivity contribution in [2.24, 2.45) is 0 Å². The van der Waals surface area contributed by atoms with Gasteiger partial charge in [-0.15, -0.1) is 0 Å². The Kier molecular flexibility index (Phi) is 8.16. The fraction of sp³-hybridized carbons (Fsp3) is 0.0517. The first-order valence-electron chi connectivity index (χ1n) is 21.2. The number of aromatic nitrogens is 3. The van der Waals surface area contributed by atoms with Crippen molar-refractivity contribution in [1.82, 2.24) is 15.0 Å². The second-order valence-corrected chi connectivity index (χ2v) is 16.8. The third kappa shape index (κ3) is 5.87. The Morgan fingerprint density at radius 2 is 0.919 bits per heavy atom. The SMILES string of the molecule is CC1(C)c2ccccc2-c2cccc(-c3nc(-c4cccc(-c5ccc6c(c5)oc5cccc(-c7ccc(-c8ccccc8)cc7)c56)c4)nc(-c4ccc5ccccc5c4)n3)c21. The third-order valence-electron chi connectivity index (χ3n) is 12.7. The molecule has 1 aliphatic carbocycles. The Labute approximate surface area is 359 Å². The van der Waals surface area contributed by atoms with Crippen LogP contribution >= 0.6 is 0 Å². The summed E-state index contributed by atoms with van der Waals surface area (Å²) in [7, 11) is 0. The Morgan fingerprint density at radius 3 is 1.77 bits per heavy atom. The van der Waals surface area contributed by atoms with Gasteiger partial charge < -0.3 is 4.42 Å². The van der Waals surface area contributed by atoms with Crippen molar-refractivity contribution < 1.29 is 4.42 Å². The van der Waals surface area contributed by atoms with Crippen molar-refractivity contribution in [2.75, 3.05) is 0 Å². The summed E-state index contributed by atoms with van der Waals surface area (Å²) in [5.41, 5.74) is 16.2. The molecule has 0 spiro atoms. The van der Waals surface area contributed by atoms with E-state index in [1.165, 1.54) is 38.8 Å². The van der Waals surface area contributed by atoms with E-state index in [9.17, 15) is 0 Å². The van der Waals surface area contributed by atoms with Gasteiger partial charge in [0.15, 0.2) is 17.5 Å². The molecule has 0 saturated heterocycles. The van der Waals surface area contributed by atoms with Crippen molar-refractivity contribution in [3.63, 3.8) is 0 Å². The van der Waals surface area contributed by atoms with E-state index in [0.717, 1.165) is 66.3 Å². The van der Waals surface area contributed by atoms with Gasteiger partial charge >= 0.3 is 0 Å². The highest BCUT2D eigenvalue weighted by Gasteiger charge is 2.38. The number of fused-ring (bicyclic) bond motifs is 7. The van der Waals surface area contributed by atoms with Crippen molar-refractivity contribution in [2.45, 2.75) is 19.3 Å². The van der Waals surface area contributed by atoms with Crippen molar-refractivity contribution in [3.05, 3.63) is 211 Å². The molecule has 0 N–H and O–H groups in total. The lowest BCUT2D eigenvalue weighted by Gasteiger charge is -2.24. The van der Waals surface area contributed by atoms with Gasteiger partial charge in [0.25, 0.3) is 0 Å². The van der Waals surface area contributed by atoms with Crippen molar-refractivity contribution in [1.29, 1.82) is 0 Å². The van der Waals surface area contributed by atoms with Gasteiger partial charge in [-0.2, -0.15) is 0 Å². The molecular formula is C58H39N3O. The van der Waals surface area contributed by atoms with Gasteiger partial charge in [-0.05, 0) is 96.7 Å². The van der Waals surface area contributed by atoms with Crippen LogP contribution in [0.5, 0.6) is 0 Å². The second-order valence-electron chi connectivity index (χ2n) is 16.8. The summed E-state index contributed by atoms with van der Waals surface area (Å²) < 4.78 is 6.59. The fourth-order valence-electron chi connectivity index (χ4n) is 9.67. The molecular weight excluding hydrogens is 755 g/mol. The Bertz CT molecular complexity index is 3550. The molecule has 0 fully saturated rings. The van der Waals surface area contributed by atoms with Gasteiger partial charge in [0, 0.05) is 32.9 Å². The topological polar surface area (TPSA) is 51.8 Å². The molecule has 2 heterocycles. The molecule has 0 radical (unpaired) electrons. The number of benzene rings is 9. The zero-order chi connectivity index (χ0) is 41.4. The Balaban J connectivity index is 0.963. The summed E-state index contributed by atoms with van der Waals surface area (Å²) in [5, 5.41) is 4.52. The Morgan fingerprint density at radius 1 is 0.355 bits per heavy atom. The number of hydrogen-bond donors (Lipinski definition) is 0. The number of hydrogen-bond acceptors (Lipinski definition) is 4. The van der Waals surface area contributed by atoms with Crippen LogP contribution in [0.25, 0.3) is 111 Å². The minimum absolute atomic E-state index is 0.235. The summed E-state index contributed by atoms with van der Waals surface area (Å²) in [4.78, 5) is 15.8. The number of nitrogens with zero attached hydrogens (tertiary/aromatic N) is 3. The number of rotatable bonds is 6. The van der Waals surface area contributed by atoms with Gasteiger partial charge in [-0.1, -0.05) is 184 Å². The molecule has 0 unspecified atom stereocenters. The van der Waals surface area contributed by atoms with E-state index in [1.807, 2.05) is 0 Å². The zero-order valence-corrected chi connectivity index (χ0v) is 34.3. The molecule has 4 heteroatoms. The first kappa shape index (κ1) is 35.9. The molecule has 1 aliphatic rings. The maximum atomic E-state index is 6.59. The van der Waals surface area contributed by atoms with Gasteiger partial charge in [0.1, 0.15) is 11.2 Å². The molecule has 9 aromatic carbocycles. The minimum atomic E-state index is -0.235. The molecule has 0 amide bonds. The first-order chi connectivity index (χ1) is 30.5. The van der Waals surface area contributed by atoms with Crippen LogP contribution in [-0.2, 0) is 5.41 Å². The fourth-order valence-corrected chi connectivity index (χ4v) is 9.67. The monoisotopic (exact) mass is 793 g/mol. The molecule has 0 aliphatic heterocycles. The molecule has 4 nitrogen and oxygen atoms in total. The lowest BCUT2D eigenvalue weighted by molar-refractivity contribution is 0.661. The molecule has 11 aromatic rings. The van der Waals surface area contributed by atoms with E-state index in [2.05, 4.69) is 214 Å². The van der Waals surface area contributed by atoms with Crippen LogP contribution in [0.4, 0.5) is 0 Å². The Hall–Kier alpha value is -7.95. The zero-order valence-electron chi connectivity index (χ0n) is 34.3.